The maximum atomic E-state index is 11.7. The van der Waals surface area contributed by atoms with Gasteiger partial charge in [0.2, 0.25) is 5.89 Å². The molecule has 0 atom stereocenters. The molecule has 1 aromatic heterocycles. The Morgan fingerprint density at radius 3 is 2.57 bits per heavy atom. The molecule has 0 bridgehead atoms. The molecule has 1 fully saturated rings. The molecule has 0 radical (unpaired) electrons. The standard InChI is InChI=1S/C14H24N6O3/c1-4-15-13(16-10-12-17-11(3)23-18-12)19-6-8-20(9-7-19)14(21)22-5-2/h4-10H2,1-3H3,(H,15,16). The number of nitrogens with zero attached hydrogens (tertiary/aromatic N) is 5. The highest BCUT2D eigenvalue weighted by Gasteiger charge is 2.23. The molecule has 2 rings (SSSR count). The van der Waals surface area contributed by atoms with E-state index in [2.05, 4.69) is 25.3 Å². The Morgan fingerprint density at radius 1 is 1.30 bits per heavy atom. The van der Waals surface area contributed by atoms with Gasteiger partial charge >= 0.3 is 6.09 Å². The third-order valence-electron chi connectivity index (χ3n) is 3.38. The first-order chi connectivity index (χ1) is 11.1. The topological polar surface area (TPSA) is 96.1 Å². The molecule has 0 saturated carbocycles. The van der Waals surface area contributed by atoms with E-state index in [9.17, 15) is 4.79 Å². The highest BCUT2D eigenvalue weighted by Crippen LogP contribution is 2.05. The Kier molecular flexibility index (Phi) is 6.19. The first kappa shape index (κ1) is 17.0. The van der Waals surface area contributed by atoms with Crippen molar-refractivity contribution in [1.29, 1.82) is 0 Å². The van der Waals surface area contributed by atoms with Crippen LogP contribution in [0.5, 0.6) is 0 Å². The van der Waals surface area contributed by atoms with Crippen LogP contribution in [-0.4, -0.2) is 71.3 Å². The van der Waals surface area contributed by atoms with Gasteiger partial charge in [-0.2, -0.15) is 4.98 Å². The highest BCUT2D eigenvalue weighted by molar-refractivity contribution is 5.80. The highest BCUT2D eigenvalue weighted by atomic mass is 16.6. The largest absolute Gasteiger partial charge is 0.450 e. The molecule has 1 saturated heterocycles. The average molecular weight is 324 g/mol. The number of nitrogens with one attached hydrogen (secondary N) is 1. The van der Waals surface area contributed by atoms with Crippen molar-refractivity contribution in [2.24, 2.45) is 4.99 Å². The van der Waals surface area contributed by atoms with Gasteiger partial charge < -0.3 is 24.4 Å². The molecule has 0 spiro atoms. The number of rotatable bonds is 4. The number of aryl methyl sites for hydroxylation is 1. The Morgan fingerprint density at radius 2 is 2.00 bits per heavy atom. The van der Waals surface area contributed by atoms with Gasteiger partial charge in [0, 0.05) is 39.6 Å². The molecule has 0 aliphatic carbocycles. The van der Waals surface area contributed by atoms with E-state index < -0.39 is 0 Å². The maximum absolute atomic E-state index is 11.7. The number of aromatic nitrogens is 2. The van der Waals surface area contributed by atoms with Crippen molar-refractivity contribution in [2.45, 2.75) is 27.3 Å². The summed E-state index contributed by atoms with van der Waals surface area (Å²) in [5, 5.41) is 7.09. The molecule has 9 nitrogen and oxygen atoms in total. The smallest absolute Gasteiger partial charge is 0.409 e. The lowest BCUT2D eigenvalue weighted by molar-refractivity contribution is 0.0914. The maximum Gasteiger partial charge on any atom is 0.409 e. The SMILES string of the molecule is CCNC(=NCc1noc(C)n1)N1CCN(C(=O)OCC)CC1. The first-order valence-electron chi connectivity index (χ1n) is 7.88. The zero-order chi connectivity index (χ0) is 16.7. The second kappa shape index (κ2) is 8.35. The molecule has 0 aromatic carbocycles. The lowest BCUT2D eigenvalue weighted by atomic mass is 10.3. The summed E-state index contributed by atoms with van der Waals surface area (Å²) in [5.41, 5.74) is 0. The van der Waals surface area contributed by atoms with Crippen LogP contribution in [-0.2, 0) is 11.3 Å². The predicted octanol–water partition coefficient (Wildman–Crippen LogP) is 0.618. The minimum absolute atomic E-state index is 0.253. The van der Waals surface area contributed by atoms with Gasteiger partial charge in [-0.15, -0.1) is 0 Å². The van der Waals surface area contributed by atoms with E-state index >= 15 is 0 Å². The molecule has 0 unspecified atom stereocenters. The van der Waals surface area contributed by atoms with E-state index in [1.165, 1.54) is 0 Å². The average Bonchev–Trinajstić information content (AvgIpc) is 2.97. The van der Waals surface area contributed by atoms with Crippen molar-refractivity contribution in [3.05, 3.63) is 11.7 Å². The fraction of sp³-hybridized carbons (Fsp3) is 0.714. The van der Waals surface area contributed by atoms with E-state index in [-0.39, 0.29) is 6.09 Å². The van der Waals surface area contributed by atoms with E-state index in [4.69, 9.17) is 9.26 Å². The quantitative estimate of drug-likeness (QED) is 0.640. The summed E-state index contributed by atoms with van der Waals surface area (Å²) in [5.74, 6) is 1.88. The number of carbonyl (C=O) groups excluding carboxylic acids is 1. The number of carbonyl (C=O) groups is 1. The summed E-state index contributed by atoms with van der Waals surface area (Å²) in [7, 11) is 0. The van der Waals surface area contributed by atoms with Gasteiger partial charge in [-0.25, -0.2) is 9.79 Å². The van der Waals surface area contributed by atoms with Gasteiger partial charge in [0.1, 0.15) is 6.54 Å². The summed E-state index contributed by atoms with van der Waals surface area (Å²) >= 11 is 0. The number of piperazine rings is 1. The number of hydrogen-bond acceptors (Lipinski definition) is 6. The van der Waals surface area contributed by atoms with Crippen molar-refractivity contribution in [2.75, 3.05) is 39.3 Å². The Bertz CT molecular complexity index is 536. The fourth-order valence-electron chi connectivity index (χ4n) is 2.29. The Balaban J connectivity index is 1.92. The molecule has 1 N–H and O–H groups in total. The van der Waals surface area contributed by atoms with Gasteiger partial charge in [0.05, 0.1) is 6.61 Å². The van der Waals surface area contributed by atoms with Gasteiger partial charge in [-0.05, 0) is 13.8 Å². The second-order valence-electron chi connectivity index (χ2n) is 5.07. The van der Waals surface area contributed by atoms with E-state index in [1.54, 1.807) is 11.8 Å². The van der Waals surface area contributed by atoms with E-state index in [0.717, 1.165) is 12.5 Å². The van der Waals surface area contributed by atoms with Crippen LogP contribution in [0.4, 0.5) is 4.79 Å². The lowest BCUT2D eigenvalue weighted by Gasteiger charge is -2.35. The van der Waals surface area contributed by atoms with Crippen LogP contribution in [0.3, 0.4) is 0 Å². The van der Waals surface area contributed by atoms with Crippen molar-refractivity contribution in [3.63, 3.8) is 0 Å². The summed E-state index contributed by atoms with van der Waals surface area (Å²) in [6, 6.07) is 0. The second-order valence-corrected chi connectivity index (χ2v) is 5.07. The number of aliphatic imine (C=N–C) groups is 1. The minimum Gasteiger partial charge on any atom is -0.450 e. The molecule has 1 aliphatic rings. The van der Waals surface area contributed by atoms with Gasteiger partial charge in [-0.3, -0.25) is 0 Å². The van der Waals surface area contributed by atoms with Crippen LogP contribution >= 0.6 is 0 Å². The summed E-state index contributed by atoms with van der Waals surface area (Å²) in [6.07, 6.45) is -0.253. The van der Waals surface area contributed by atoms with Crippen molar-refractivity contribution in [1.82, 2.24) is 25.3 Å². The Hall–Kier alpha value is -2.32. The molecular formula is C14H24N6O3. The lowest BCUT2D eigenvalue weighted by Crippen LogP contribution is -2.53. The third kappa shape index (κ3) is 4.83. The molecule has 128 valence electrons. The van der Waals surface area contributed by atoms with E-state index in [1.807, 2.05) is 13.8 Å². The number of hydrogen-bond donors (Lipinski definition) is 1. The number of amides is 1. The van der Waals surface area contributed by atoms with Crippen LogP contribution in [0.2, 0.25) is 0 Å². The summed E-state index contributed by atoms with van der Waals surface area (Å²) in [4.78, 5) is 24.2. The van der Waals surface area contributed by atoms with Crippen LogP contribution in [0.25, 0.3) is 0 Å². The van der Waals surface area contributed by atoms with Crippen LogP contribution in [0.15, 0.2) is 9.52 Å². The van der Waals surface area contributed by atoms with Crippen molar-refractivity contribution < 1.29 is 14.1 Å². The molecule has 1 aromatic rings. The van der Waals surface area contributed by atoms with Gasteiger partial charge in [0.15, 0.2) is 11.8 Å². The minimum atomic E-state index is -0.253. The van der Waals surface area contributed by atoms with Crippen molar-refractivity contribution >= 4 is 12.1 Å². The van der Waals surface area contributed by atoms with E-state index in [0.29, 0.717) is 51.0 Å². The summed E-state index contributed by atoms with van der Waals surface area (Å²) in [6.45, 7) is 9.74. The zero-order valence-electron chi connectivity index (χ0n) is 13.9. The molecule has 9 heteroatoms. The molecule has 1 amide bonds. The number of ether oxygens (including phenoxy) is 1. The van der Waals surface area contributed by atoms with Crippen molar-refractivity contribution in [3.8, 4) is 0 Å². The normalized spacial score (nSPS) is 15.7. The van der Waals surface area contributed by atoms with Crippen LogP contribution in [0.1, 0.15) is 25.6 Å². The molecule has 2 heterocycles. The van der Waals surface area contributed by atoms with Gasteiger partial charge in [0.25, 0.3) is 0 Å². The number of guanidine groups is 1. The monoisotopic (exact) mass is 324 g/mol. The fourth-order valence-corrected chi connectivity index (χ4v) is 2.29. The van der Waals surface area contributed by atoms with Crippen LogP contribution in [0, 0.1) is 6.92 Å². The molecular weight excluding hydrogens is 300 g/mol. The predicted molar refractivity (Wildman–Crippen MR) is 84.0 cm³/mol. The Labute approximate surface area is 135 Å². The first-order valence-corrected chi connectivity index (χ1v) is 7.88. The van der Waals surface area contributed by atoms with Crippen LogP contribution < -0.4 is 5.32 Å². The van der Waals surface area contributed by atoms with Gasteiger partial charge in [-0.1, -0.05) is 5.16 Å². The molecule has 1 aliphatic heterocycles. The third-order valence-corrected chi connectivity index (χ3v) is 3.38. The zero-order valence-corrected chi connectivity index (χ0v) is 13.9. The summed E-state index contributed by atoms with van der Waals surface area (Å²) < 4.78 is 9.97. The molecule has 23 heavy (non-hydrogen) atoms.